The Bertz CT molecular complexity index is 791. The average Bonchev–Trinajstić information content (AvgIpc) is 2.99. The number of hydrogen-bond acceptors (Lipinski definition) is 6. The van der Waals surface area contributed by atoms with Gasteiger partial charge in [-0.25, -0.2) is 9.59 Å². The summed E-state index contributed by atoms with van der Waals surface area (Å²) in [6.45, 7) is 2.23. The number of carbonyl (C=O) groups is 2. The zero-order valence-corrected chi connectivity index (χ0v) is 12.9. The Morgan fingerprint density at radius 2 is 2.08 bits per heavy atom. The minimum Gasteiger partial charge on any atom is -0.491 e. The van der Waals surface area contributed by atoms with Gasteiger partial charge in [0.15, 0.2) is 5.69 Å². The van der Waals surface area contributed by atoms with E-state index in [2.05, 4.69) is 5.10 Å². The van der Waals surface area contributed by atoms with Gasteiger partial charge < -0.3 is 14.6 Å². The molecule has 0 aliphatic heterocycles. The van der Waals surface area contributed by atoms with E-state index in [1.807, 2.05) is 6.07 Å². The molecule has 0 fully saturated rings. The fraction of sp³-hybridized carbons (Fsp3) is 0.250. The zero-order valence-electron chi connectivity index (χ0n) is 12.9. The third-order valence-corrected chi connectivity index (χ3v) is 3.06. The van der Waals surface area contributed by atoms with Crippen molar-refractivity contribution in [3.63, 3.8) is 0 Å². The lowest BCUT2D eigenvalue weighted by molar-refractivity contribution is 0.0525. The van der Waals surface area contributed by atoms with Crippen LogP contribution in [0.25, 0.3) is 0 Å². The first-order valence-electron chi connectivity index (χ1n) is 7.16. The SMILES string of the molecule is CCOC(=O)c1cn(CCOc2ccccc2C(=O)O)nc1C#N. The number of para-hydroxylation sites is 1. The number of hydrogen-bond donors (Lipinski definition) is 1. The van der Waals surface area contributed by atoms with E-state index in [9.17, 15) is 9.59 Å². The summed E-state index contributed by atoms with van der Waals surface area (Å²) in [6, 6.07) is 8.11. The van der Waals surface area contributed by atoms with E-state index < -0.39 is 11.9 Å². The summed E-state index contributed by atoms with van der Waals surface area (Å²) in [6.07, 6.45) is 1.41. The number of nitriles is 1. The third kappa shape index (κ3) is 3.89. The van der Waals surface area contributed by atoms with Crippen LogP contribution < -0.4 is 4.74 Å². The number of benzene rings is 1. The van der Waals surface area contributed by atoms with Gasteiger partial charge in [0.05, 0.1) is 13.2 Å². The highest BCUT2D eigenvalue weighted by molar-refractivity contribution is 5.91. The highest BCUT2D eigenvalue weighted by Crippen LogP contribution is 2.17. The number of aromatic carboxylic acids is 1. The van der Waals surface area contributed by atoms with Gasteiger partial charge in [0.25, 0.3) is 0 Å². The molecule has 24 heavy (non-hydrogen) atoms. The van der Waals surface area contributed by atoms with Crippen molar-refractivity contribution in [2.24, 2.45) is 0 Å². The van der Waals surface area contributed by atoms with Crippen molar-refractivity contribution in [2.45, 2.75) is 13.5 Å². The Morgan fingerprint density at radius 3 is 2.75 bits per heavy atom. The maximum Gasteiger partial charge on any atom is 0.342 e. The first-order chi connectivity index (χ1) is 11.6. The van der Waals surface area contributed by atoms with Gasteiger partial charge in [0.1, 0.15) is 29.6 Å². The summed E-state index contributed by atoms with van der Waals surface area (Å²) in [4.78, 5) is 22.8. The topological polar surface area (TPSA) is 114 Å². The van der Waals surface area contributed by atoms with Crippen LogP contribution in [0.2, 0.25) is 0 Å². The number of carbonyl (C=O) groups excluding carboxylic acids is 1. The zero-order chi connectivity index (χ0) is 17.5. The van der Waals surface area contributed by atoms with Crippen LogP contribution in [0.5, 0.6) is 5.75 Å². The van der Waals surface area contributed by atoms with Crippen LogP contribution in [0.4, 0.5) is 0 Å². The van der Waals surface area contributed by atoms with Crippen LogP contribution in [0, 0.1) is 11.3 Å². The van der Waals surface area contributed by atoms with E-state index >= 15 is 0 Å². The summed E-state index contributed by atoms with van der Waals surface area (Å²) < 4.78 is 11.7. The molecule has 2 rings (SSSR count). The molecule has 0 unspecified atom stereocenters. The first kappa shape index (κ1) is 17.0. The molecule has 0 saturated heterocycles. The Balaban J connectivity index is 2.04. The Labute approximate surface area is 137 Å². The molecule has 1 heterocycles. The Morgan fingerprint density at radius 1 is 1.33 bits per heavy atom. The highest BCUT2D eigenvalue weighted by atomic mass is 16.5. The second-order valence-corrected chi connectivity index (χ2v) is 4.64. The molecule has 0 aliphatic carbocycles. The van der Waals surface area contributed by atoms with E-state index in [-0.39, 0.29) is 42.3 Å². The number of rotatable bonds is 7. The smallest absolute Gasteiger partial charge is 0.342 e. The molecular weight excluding hydrogens is 314 g/mol. The lowest BCUT2D eigenvalue weighted by Gasteiger charge is -2.08. The molecule has 1 N–H and O–H groups in total. The minimum atomic E-state index is -1.08. The van der Waals surface area contributed by atoms with Crippen LogP contribution in [0.1, 0.15) is 33.3 Å². The van der Waals surface area contributed by atoms with Gasteiger partial charge in [-0.15, -0.1) is 0 Å². The molecule has 8 heteroatoms. The second kappa shape index (κ2) is 7.78. The fourth-order valence-electron chi connectivity index (χ4n) is 2.00. The molecule has 0 bridgehead atoms. The van der Waals surface area contributed by atoms with Gasteiger partial charge >= 0.3 is 11.9 Å². The molecule has 1 aromatic carbocycles. The third-order valence-electron chi connectivity index (χ3n) is 3.06. The van der Waals surface area contributed by atoms with E-state index in [1.165, 1.54) is 16.9 Å². The van der Waals surface area contributed by atoms with E-state index in [4.69, 9.17) is 19.8 Å². The van der Waals surface area contributed by atoms with Crippen LogP contribution in [0.15, 0.2) is 30.5 Å². The second-order valence-electron chi connectivity index (χ2n) is 4.64. The summed E-state index contributed by atoms with van der Waals surface area (Å²) in [7, 11) is 0. The van der Waals surface area contributed by atoms with Gasteiger partial charge in [-0.1, -0.05) is 12.1 Å². The van der Waals surface area contributed by atoms with Gasteiger partial charge in [0.2, 0.25) is 0 Å². The predicted molar refractivity (Wildman–Crippen MR) is 81.8 cm³/mol. The van der Waals surface area contributed by atoms with Gasteiger partial charge in [-0.2, -0.15) is 10.4 Å². The van der Waals surface area contributed by atoms with Crippen molar-refractivity contribution in [3.8, 4) is 11.8 Å². The average molecular weight is 329 g/mol. The molecular formula is C16H15N3O5. The number of aromatic nitrogens is 2. The van der Waals surface area contributed by atoms with Crippen molar-refractivity contribution >= 4 is 11.9 Å². The van der Waals surface area contributed by atoms with Crippen LogP contribution in [-0.2, 0) is 11.3 Å². The maximum atomic E-state index is 11.7. The molecule has 0 radical (unpaired) electrons. The summed E-state index contributed by atoms with van der Waals surface area (Å²) >= 11 is 0. The largest absolute Gasteiger partial charge is 0.491 e. The van der Waals surface area contributed by atoms with Crippen molar-refractivity contribution < 1.29 is 24.2 Å². The van der Waals surface area contributed by atoms with Crippen molar-refractivity contribution in [1.82, 2.24) is 9.78 Å². The van der Waals surface area contributed by atoms with E-state index in [1.54, 1.807) is 25.1 Å². The Hall–Kier alpha value is -3.34. The standard InChI is InChI=1S/C16H15N3O5/c1-2-23-16(22)12-10-19(18-13(12)9-17)7-8-24-14-6-4-3-5-11(14)15(20)21/h3-6,10H,2,7-8H2,1H3,(H,20,21). The van der Waals surface area contributed by atoms with Crippen LogP contribution >= 0.6 is 0 Å². The molecule has 1 aromatic heterocycles. The fourth-order valence-corrected chi connectivity index (χ4v) is 2.00. The normalized spacial score (nSPS) is 10.0. The summed E-state index contributed by atoms with van der Waals surface area (Å²) in [5, 5.41) is 22.1. The molecule has 2 aromatic rings. The van der Waals surface area contributed by atoms with Crippen LogP contribution in [-0.4, -0.2) is 40.0 Å². The summed E-state index contributed by atoms with van der Waals surface area (Å²) in [5.41, 5.74) is 0.118. The molecule has 0 amide bonds. The molecule has 124 valence electrons. The van der Waals surface area contributed by atoms with Gasteiger partial charge in [0, 0.05) is 6.20 Å². The van der Waals surface area contributed by atoms with Gasteiger partial charge in [-0.05, 0) is 19.1 Å². The number of carboxylic acid groups (broad SMARTS) is 1. The van der Waals surface area contributed by atoms with E-state index in [0.717, 1.165) is 0 Å². The molecule has 0 saturated carbocycles. The van der Waals surface area contributed by atoms with E-state index in [0.29, 0.717) is 0 Å². The maximum absolute atomic E-state index is 11.7. The number of esters is 1. The van der Waals surface area contributed by atoms with Gasteiger partial charge in [-0.3, -0.25) is 4.68 Å². The number of carboxylic acids is 1. The highest BCUT2D eigenvalue weighted by Gasteiger charge is 2.17. The minimum absolute atomic E-state index is 0.0283. The van der Waals surface area contributed by atoms with Crippen molar-refractivity contribution in [1.29, 1.82) is 5.26 Å². The van der Waals surface area contributed by atoms with Crippen molar-refractivity contribution in [2.75, 3.05) is 13.2 Å². The molecule has 0 spiro atoms. The first-order valence-corrected chi connectivity index (χ1v) is 7.16. The predicted octanol–water partition coefficient (Wildman–Crippen LogP) is 1.71. The van der Waals surface area contributed by atoms with Crippen LogP contribution in [0.3, 0.4) is 0 Å². The molecule has 8 nitrogen and oxygen atoms in total. The quantitative estimate of drug-likeness (QED) is 0.769. The number of ether oxygens (including phenoxy) is 2. The lowest BCUT2D eigenvalue weighted by atomic mass is 10.2. The lowest BCUT2D eigenvalue weighted by Crippen LogP contribution is -2.11. The molecule has 0 atom stereocenters. The molecule has 0 aliphatic rings. The monoisotopic (exact) mass is 329 g/mol. The Kier molecular flexibility index (Phi) is 5.52. The summed E-state index contributed by atoms with van der Waals surface area (Å²) in [5.74, 6) is -1.46. The van der Waals surface area contributed by atoms with Crippen molar-refractivity contribution in [3.05, 3.63) is 47.3 Å². The number of nitrogens with zero attached hydrogens (tertiary/aromatic N) is 3.